The number of carbonyl (C=O) groups is 3. The predicted molar refractivity (Wildman–Crippen MR) is 127 cm³/mol. The van der Waals surface area contributed by atoms with Crippen molar-refractivity contribution >= 4 is 34.8 Å². The molecule has 8 heteroatoms. The highest BCUT2D eigenvalue weighted by molar-refractivity contribution is 6.39. The van der Waals surface area contributed by atoms with Gasteiger partial charge in [0.1, 0.15) is 0 Å². The molecule has 168 valence electrons. The molecule has 1 aromatic heterocycles. The van der Waals surface area contributed by atoms with E-state index < -0.39 is 11.8 Å². The van der Waals surface area contributed by atoms with E-state index >= 15 is 0 Å². The van der Waals surface area contributed by atoms with Gasteiger partial charge in [0.2, 0.25) is 5.91 Å². The Bertz CT molecular complexity index is 1170. The van der Waals surface area contributed by atoms with E-state index in [-0.39, 0.29) is 18.5 Å². The molecule has 3 N–H and O–H groups in total. The van der Waals surface area contributed by atoms with E-state index in [1.54, 1.807) is 36.7 Å². The van der Waals surface area contributed by atoms with Crippen molar-refractivity contribution in [2.45, 2.75) is 19.4 Å². The summed E-state index contributed by atoms with van der Waals surface area (Å²) in [5.74, 6) is -1.73. The molecule has 1 aliphatic rings. The van der Waals surface area contributed by atoms with Crippen molar-refractivity contribution in [2.24, 2.45) is 0 Å². The summed E-state index contributed by atoms with van der Waals surface area (Å²) < 4.78 is 0. The van der Waals surface area contributed by atoms with E-state index in [0.29, 0.717) is 11.4 Å². The third kappa shape index (κ3) is 5.35. The molecule has 0 unspecified atom stereocenters. The number of benzene rings is 2. The predicted octanol–water partition coefficient (Wildman–Crippen LogP) is 2.90. The fourth-order valence-electron chi connectivity index (χ4n) is 4.00. The number of hydrogen-bond donors (Lipinski definition) is 3. The van der Waals surface area contributed by atoms with E-state index in [2.05, 4.69) is 38.0 Å². The Balaban J connectivity index is 1.44. The highest BCUT2D eigenvalue weighted by atomic mass is 16.2. The van der Waals surface area contributed by atoms with Gasteiger partial charge in [-0.3, -0.25) is 19.4 Å². The fraction of sp³-hybridized carbons (Fsp3) is 0.200. The molecule has 2 heterocycles. The van der Waals surface area contributed by atoms with Gasteiger partial charge >= 0.3 is 11.8 Å². The van der Waals surface area contributed by atoms with E-state index in [0.717, 1.165) is 24.2 Å². The smallest absolute Gasteiger partial charge is 0.313 e. The summed E-state index contributed by atoms with van der Waals surface area (Å²) in [6.45, 7) is 2.46. The summed E-state index contributed by atoms with van der Waals surface area (Å²) in [5.41, 5.74) is 4.29. The minimum absolute atomic E-state index is 0.165. The lowest BCUT2D eigenvalue weighted by molar-refractivity contribution is -0.136. The van der Waals surface area contributed by atoms with Gasteiger partial charge in [-0.1, -0.05) is 30.3 Å². The van der Waals surface area contributed by atoms with E-state index in [1.807, 2.05) is 24.3 Å². The molecule has 3 amide bonds. The largest absolute Gasteiger partial charge is 0.362 e. The van der Waals surface area contributed by atoms with Gasteiger partial charge in [0.15, 0.2) is 0 Å². The van der Waals surface area contributed by atoms with Crippen LogP contribution in [-0.2, 0) is 20.8 Å². The summed E-state index contributed by atoms with van der Waals surface area (Å²) in [6.07, 6.45) is 4.41. The number of rotatable bonds is 6. The maximum Gasteiger partial charge on any atom is 0.313 e. The first-order chi connectivity index (χ1) is 16.0. The normalized spacial score (nSPS) is 13.1. The molecule has 0 bridgehead atoms. The van der Waals surface area contributed by atoms with Crippen LogP contribution in [0.2, 0.25) is 0 Å². The number of anilines is 3. The van der Waals surface area contributed by atoms with Gasteiger partial charge in [0.05, 0.1) is 6.04 Å². The Morgan fingerprint density at radius 3 is 2.52 bits per heavy atom. The zero-order valence-corrected chi connectivity index (χ0v) is 18.2. The maximum atomic E-state index is 12.6. The van der Waals surface area contributed by atoms with Gasteiger partial charge < -0.3 is 20.9 Å². The summed E-state index contributed by atoms with van der Waals surface area (Å²) in [4.78, 5) is 42.8. The summed E-state index contributed by atoms with van der Waals surface area (Å²) in [6, 6.07) is 18.5. The Morgan fingerprint density at radius 2 is 1.76 bits per heavy atom. The number of para-hydroxylation sites is 1. The molecular weight excluding hydrogens is 418 g/mol. The molecule has 2 aromatic carbocycles. The van der Waals surface area contributed by atoms with E-state index in [9.17, 15) is 14.4 Å². The molecule has 0 fully saturated rings. The Morgan fingerprint density at radius 1 is 0.970 bits per heavy atom. The first-order valence-corrected chi connectivity index (χ1v) is 10.7. The van der Waals surface area contributed by atoms with Gasteiger partial charge in [-0.05, 0) is 47.9 Å². The number of nitrogens with one attached hydrogen (secondary N) is 3. The molecule has 8 nitrogen and oxygen atoms in total. The lowest BCUT2D eigenvalue weighted by Crippen LogP contribution is -2.41. The molecule has 0 spiro atoms. The number of hydrogen-bond acceptors (Lipinski definition) is 5. The van der Waals surface area contributed by atoms with Gasteiger partial charge in [0.25, 0.3) is 0 Å². The zero-order chi connectivity index (χ0) is 23.2. The van der Waals surface area contributed by atoms with Crippen LogP contribution in [0.25, 0.3) is 0 Å². The third-order valence-corrected chi connectivity index (χ3v) is 5.47. The van der Waals surface area contributed by atoms with Crippen LogP contribution in [0.5, 0.6) is 0 Å². The topological polar surface area (TPSA) is 103 Å². The maximum absolute atomic E-state index is 12.6. The Kier molecular flexibility index (Phi) is 6.64. The SMILES string of the molecule is CC(=O)Nc1cccc(NC(=O)C(=O)NC[C@@H](c2cccnc2)N2CCc3ccccc32)c1. The average Bonchev–Trinajstić information content (AvgIpc) is 3.23. The quantitative estimate of drug-likeness (QED) is 0.509. The van der Waals surface area contributed by atoms with Crippen LogP contribution in [-0.4, -0.2) is 35.8 Å². The highest BCUT2D eigenvalue weighted by Gasteiger charge is 2.28. The fourth-order valence-corrected chi connectivity index (χ4v) is 4.00. The third-order valence-electron chi connectivity index (χ3n) is 5.47. The van der Waals surface area contributed by atoms with Crippen LogP contribution in [0.15, 0.2) is 73.1 Å². The van der Waals surface area contributed by atoms with Crippen molar-refractivity contribution < 1.29 is 14.4 Å². The Labute approximate surface area is 192 Å². The van der Waals surface area contributed by atoms with Crippen LogP contribution >= 0.6 is 0 Å². The van der Waals surface area contributed by atoms with Crippen LogP contribution in [0.4, 0.5) is 17.1 Å². The van der Waals surface area contributed by atoms with Crippen LogP contribution in [0.3, 0.4) is 0 Å². The lowest BCUT2D eigenvalue weighted by Gasteiger charge is -2.30. The zero-order valence-electron chi connectivity index (χ0n) is 18.2. The summed E-state index contributed by atoms with van der Waals surface area (Å²) in [5, 5.41) is 7.98. The second-order valence-electron chi connectivity index (χ2n) is 7.80. The van der Waals surface area contributed by atoms with Gasteiger partial charge in [-0.2, -0.15) is 0 Å². The number of fused-ring (bicyclic) bond motifs is 1. The minimum atomic E-state index is -0.776. The molecule has 0 saturated heterocycles. The first-order valence-electron chi connectivity index (χ1n) is 10.7. The minimum Gasteiger partial charge on any atom is -0.362 e. The molecule has 33 heavy (non-hydrogen) atoms. The molecule has 4 rings (SSSR count). The molecule has 3 aromatic rings. The number of amides is 3. The number of pyridine rings is 1. The van der Waals surface area contributed by atoms with Crippen LogP contribution < -0.4 is 20.9 Å². The van der Waals surface area contributed by atoms with Crippen LogP contribution in [0.1, 0.15) is 24.1 Å². The number of nitrogens with zero attached hydrogens (tertiary/aromatic N) is 2. The first kappa shape index (κ1) is 22.0. The molecule has 1 atom stereocenters. The molecule has 0 aliphatic carbocycles. The van der Waals surface area contributed by atoms with Gasteiger partial charge in [-0.25, -0.2) is 0 Å². The summed E-state index contributed by atoms with van der Waals surface area (Å²) >= 11 is 0. The molecule has 0 radical (unpaired) electrons. The molecule has 0 saturated carbocycles. The Hall–Kier alpha value is -4.20. The van der Waals surface area contributed by atoms with E-state index in [1.165, 1.54) is 12.5 Å². The van der Waals surface area contributed by atoms with Crippen molar-refractivity contribution in [3.8, 4) is 0 Å². The summed E-state index contributed by atoms with van der Waals surface area (Å²) in [7, 11) is 0. The van der Waals surface area contributed by atoms with Crippen LogP contribution in [0, 0.1) is 0 Å². The monoisotopic (exact) mass is 443 g/mol. The average molecular weight is 444 g/mol. The van der Waals surface area contributed by atoms with Gasteiger partial charge in [-0.15, -0.1) is 0 Å². The second-order valence-corrected chi connectivity index (χ2v) is 7.80. The van der Waals surface area contributed by atoms with Crippen molar-refractivity contribution in [3.63, 3.8) is 0 Å². The van der Waals surface area contributed by atoms with Crippen molar-refractivity contribution in [1.29, 1.82) is 0 Å². The van der Waals surface area contributed by atoms with Crippen molar-refractivity contribution in [3.05, 3.63) is 84.2 Å². The van der Waals surface area contributed by atoms with E-state index in [4.69, 9.17) is 0 Å². The molecular formula is C25H25N5O3. The number of aromatic nitrogens is 1. The van der Waals surface area contributed by atoms with Crippen molar-refractivity contribution in [1.82, 2.24) is 10.3 Å². The van der Waals surface area contributed by atoms with Gasteiger partial charge in [0, 0.05) is 49.5 Å². The standard InChI is InChI=1S/C25H25N5O3/c1-17(31)28-20-8-4-9-21(14-20)29-25(33)24(32)27-16-23(19-7-5-12-26-15-19)30-13-11-18-6-2-3-10-22(18)30/h2-10,12,14-15,23H,11,13,16H2,1H3,(H,27,32)(H,28,31)(H,29,33)/t23-/m0/s1. The lowest BCUT2D eigenvalue weighted by atomic mass is 10.1. The second kappa shape index (κ2) is 9.95. The highest BCUT2D eigenvalue weighted by Crippen LogP contribution is 2.34. The van der Waals surface area contributed by atoms with Crippen molar-refractivity contribution in [2.75, 3.05) is 28.6 Å². The number of carbonyl (C=O) groups excluding carboxylic acids is 3. The molecule has 1 aliphatic heterocycles.